The van der Waals surface area contributed by atoms with Crippen LogP contribution in [-0.4, -0.2) is 9.52 Å². The zero-order chi connectivity index (χ0) is 5.28. The Morgan fingerprint density at radius 2 is 1.57 bits per heavy atom. The molecule has 0 fully saturated rings. The third-order valence-electron chi connectivity index (χ3n) is 1.09. The van der Waals surface area contributed by atoms with Crippen molar-refractivity contribution in [3.8, 4) is 0 Å². The highest BCUT2D eigenvalue weighted by Crippen LogP contribution is 2.30. The van der Waals surface area contributed by atoms with E-state index in [0.29, 0.717) is 0 Å². The van der Waals surface area contributed by atoms with Crippen molar-refractivity contribution in [2.75, 3.05) is 0 Å². The van der Waals surface area contributed by atoms with Crippen molar-refractivity contribution < 1.29 is 0 Å². The molecule has 0 unspecified atom stereocenters. The molecular formula is C4H6Br2Si. The molecule has 1 heterocycles. The maximum Gasteiger partial charge on any atom is 0.0310 e. The molecule has 0 bridgehead atoms. The van der Waals surface area contributed by atoms with Crippen LogP contribution in [0.15, 0.2) is 8.96 Å². The minimum atomic E-state index is 0.280. The molecule has 7 heavy (non-hydrogen) atoms. The van der Waals surface area contributed by atoms with Gasteiger partial charge in [-0.1, -0.05) is 31.9 Å². The molecule has 1 aliphatic heterocycles. The molecule has 0 amide bonds. The second-order valence-corrected chi connectivity index (χ2v) is 5.28. The van der Waals surface area contributed by atoms with Crippen LogP contribution in [0.5, 0.6) is 0 Å². The third-order valence-corrected chi connectivity index (χ3v) is 6.54. The van der Waals surface area contributed by atoms with Gasteiger partial charge >= 0.3 is 0 Å². The van der Waals surface area contributed by atoms with Gasteiger partial charge in [-0.15, -0.1) is 0 Å². The smallest absolute Gasteiger partial charge is 0.0310 e. The largest absolute Gasteiger partial charge is 0.0551 e. The molecular weight excluding hydrogens is 236 g/mol. The molecule has 0 N–H and O–H groups in total. The first-order valence-corrected chi connectivity index (χ1v) is 5.92. The van der Waals surface area contributed by atoms with Gasteiger partial charge in [0.05, 0.1) is 0 Å². The Bertz CT molecular complexity index is 96.3. The standard InChI is InChI=1S/C4H6Br2Si/c5-3-1-7-2-4(3)6/h1-2,7H2. The lowest BCUT2D eigenvalue weighted by Gasteiger charge is -1.83. The average Bonchev–Trinajstić information content (AvgIpc) is 1.91. The van der Waals surface area contributed by atoms with E-state index in [1.54, 1.807) is 0 Å². The third kappa shape index (κ3) is 1.40. The molecule has 3 heteroatoms. The van der Waals surface area contributed by atoms with Crippen LogP contribution in [0.4, 0.5) is 0 Å². The molecule has 0 atom stereocenters. The molecule has 0 radical (unpaired) electrons. The van der Waals surface area contributed by atoms with Crippen LogP contribution in [0.1, 0.15) is 0 Å². The van der Waals surface area contributed by atoms with E-state index in [1.165, 1.54) is 21.1 Å². The lowest BCUT2D eigenvalue weighted by molar-refractivity contribution is 1.68. The van der Waals surface area contributed by atoms with E-state index in [2.05, 4.69) is 31.9 Å². The second-order valence-electron chi connectivity index (χ2n) is 1.66. The minimum Gasteiger partial charge on any atom is -0.0551 e. The first kappa shape index (κ1) is 6.04. The van der Waals surface area contributed by atoms with Crippen molar-refractivity contribution in [3.63, 3.8) is 0 Å². The van der Waals surface area contributed by atoms with Crippen LogP contribution < -0.4 is 0 Å². The summed E-state index contributed by atoms with van der Waals surface area (Å²) in [5.41, 5.74) is 0. The molecule has 0 nitrogen and oxygen atoms in total. The van der Waals surface area contributed by atoms with Gasteiger partial charge in [0.25, 0.3) is 0 Å². The second kappa shape index (κ2) is 2.46. The van der Waals surface area contributed by atoms with Gasteiger partial charge in [0, 0.05) is 18.5 Å². The van der Waals surface area contributed by atoms with E-state index in [1.807, 2.05) is 0 Å². The van der Waals surface area contributed by atoms with Gasteiger partial charge < -0.3 is 0 Å². The molecule has 0 aromatic heterocycles. The van der Waals surface area contributed by atoms with Crippen molar-refractivity contribution in [2.45, 2.75) is 12.1 Å². The zero-order valence-electron chi connectivity index (χ0n) is 3.88. The highest BCUT2D eigenvalue weighted by molar-refractivity contribution is 9.14. The van der Waals surface area contributed by atoms with Crippen molar-refractivity contribution in [3.05, 3.63) is 8.96 Å². The Balaban J connectivity index is 2.64. The molecule has 1 rings (SSSR count). The van der Waals surface area contributed by atoms with Gasteiger partial charge in [-0.05, 0) is 12.1 Å². The predicted octanol–water partition coefficient (Wildman–Crippen LogP) is 2.01. The molecule has 0 aliphatic carbocycles. The molecule has 1 aliphatic rings. The SMILES string of the molecule is BrC1=C(Br)C[SiH2]C1. The maximum absolute atomic E-state index is 3.47. The summed E-state index contributed by atoms with van der Waals surface area (Å²) in [6.07, 6.45) is 0. The van der Waals surface area contributed by atoms with Gasteiger partial charge in [-0.2, -0.15) is 0 Å². The summed E-state index contributed by atoms with van der Waals surface area (Å²) in [6, 6.07) is 2.72. The van der Waals surface area contributed by atoms with Gasteiger partial charge in [0.1, 0.15) is 0 Å². The summed E-state index contributed by atoms with van der Waals surface area (Å²) in [5, 5.41) is 0. The van der Waals surface area contributed by atoms with Gasteiger partial charge in [0.15, 0.2) is 0 Å². The lowest BCUT2D eigenvalue weighted by atomic mass is 10.6. The quantitative estimate of drug-likeness (QED) is 0.570. The first-order valence-electron chi connectivity index (χ1n) is 2.34. The highest BCUT2D eigenvalue weighted by Gasteiger charge is 2.07. The molecule has 0 aromatic carbocycles. The van der Waals surface area contributed by atoms with Crippen LogP contribution in [0.25, 0.3) is 0 Å². The minimum absolute atomic E-state index is 0.280. The summed E-state index contributed by atoms with van der Waals surface area (Å²) in [7, 11) is 0.280. The van der Waals surface area contributed by atoms with Crippen LogP contribution in [0.2, 0.25) is 12.1 Å². The van der Waals surface area contributed by atoms with Crippen LogP contribution in [0, 0.1) is 0 Å². The van der Waals surface area contributed by atoms with Crippen molar-refractivity contribution in [2.24, 2.45) is 0 Å². The van der Waals surface area contributed by atoms with E-state index in [9.17, 15) is 0 Å². The molecule has 0 saturated carbocycles. The first-order chi connectivity index (χ1) is 3.30. The van der Waals surface area contributed by atoms with E-state index in [0.717, 1.165) is 0 Å². The Kier molecular flexibility index (Phi) is 2.13. The summed E-state index contributed by atoms with van der Waals surface area (Å²) in [5.74, 6) is 0. The average molecular weight is 242 g/mol. The van der Waals surface area contributed by atoms with E-state index in [-0.39, 0.29) is 9.52 Å². The lowest BCUT2D eigenvalue weighted by Crippen LogP contribution is -1.73. The topological polar surface area (TPSA) is 0 Å². The predicted molar refractivity (Wildman–Crippen MR) is 43.0 cm³/mol. The fourth-order valence-electron chi connectivity index (χ4n) is 0.670. The summed E-state index contributed by atoms with van der Waals surface area (Å²) in [4.78, 5) is 0. The van der Waals surface area contributed by atoms with Crippen molar-refractivity contribution in [1.82, 2.24) is 0 Å². The molecule has 0 spiro atoms. The summed E-state index contributed by atoms with van der Waals surface area (Å²) in [6.45, 7) is 0. The molecule has 0 aromatic rings. The van der Waals surface area contributed by atoms with Gasteiger partial charge in [0.2, 0.25) is 0 Å². The number of rotatable bonds is 0. The van der Waals surface area contributed by atoms with E-state index < -0.39 is 0 Å². The fraction of sp³-hybridized carbons (Fsp3) is 0.500. The Morgan fingerprint density at radius 3 is 1.71 bits per heavy atom. The maximum atomic E-state index is 3.47. The monoisotopic (exact) mass is 240 g/mol. The summed E-state index contributed by atoms with van der Waals surface area (Å²) >= 11 is 6.94. The van der Waals surface area contributed by atoms with Gasteiger partial charge in [-0.3, -0.25) is 0 Å². The summed E-state index contributed by atoms with van der Waals surface area (Å²) < 4.78 is 2.83. The number of hydrogen-bond acceptors (Lipinski definition) is 0. The highest BCUT2D eigenvalue weighted by atomic mass is 79.9. The Labute approximate surface area is 62.4 Å². The molecule has 40 valence electrons. The number of hydrogen-bond donors (Lipinski definition) is 0. The Hall–Kier alpha value is 0.917. The fourth-order valence-corrected chi connectivity index (χ4v) is 4.88. The van der Waals surface area contributed by atoms with Gasteiger partial charge in [-0.25, -0.2) is 0 Å². The Morgan fingerprint density at radius 1 is 1.14 bits per heavy atom. The number of allylic oxidation sites excluding steroid dienone is 2. The van der Waals surface area contributed by atoms with E-state index >= 15 is 0 Å². The normalized spacial score (nSPS) is 21.4. The van der Waals surface area contributed by atoms with E-state index in [4.69, 9.17) is 0 Å². The molecule has 0 saturated heterocycles. The van der Waals surface area contributed by atoms with Crippen LogP contribution in [-0.2, 0) is 0 Å². The van der Waals surface area contributed by atoms with Crippen molar-refractivity contribution in [1.29, 1.82) is 0 Å². The van der Waals surface area contributed by atoms with Crippen LogP contribution >= 0.6 is 31.9 Å². The van der Waals surface area contributed by atoms with Crippen molar-refractivity contribution >= 4 is 41.4 Å². The number of halogens is 2. The van der Waals surface area contributed by atoms with Crippen LogP contribution in [0.3, 0.4) is 0 Å². The zero-order valence-corrected chi connectivity index (χ0v) is 8.46.